The van der Waals surface area contributed by atoms with Gasteiger partial charge in [-0.05, 0) is 35.7 Å². The van der Waals surface area contributed by atoms with Crippen LogP contribution in [0.2, 0.25) is 0 Å². The minimum atomic E-state index is -4.13. The molecule has 130 valence electrons. The van der Waals surface area contributed by atoms with Crippen LogP contribution >= 0.6 is 11.3 Å². The van der Waals surface area contributed by atoms with Crippen molar-refractivity contribution in [3.63, 3.8) is 0 Å². The molecule has 0 unspecified atom stereocenters. The number of Topliss-reactive ketones (excluding diaryl/α,β-unsaturated/α-hetero) is 1. The molecule has 0 saturated carbocycles. The highest BCUT2D eigenvalue weighted by atomic mass is 32.2. The molecule has 24 heavy (non-hydrogen) atoms. The van der Waals surface area contributed by atoms with E-state index in [0.717, 1.165) is 11.3 Å². The molecule has 0 saturated heterocycles. The van der Waals surface area contributed by atoms with Crippen LogP contribution in [-0.2, 0) is 19.9 Å². The highest BCUT2D eigenvalue weighted by Crippen LogP contribution is 2.27. The van der Waals surface area contributed by atoms with Gasteiger partial charge < -0.3 is 4.74 Å². The van der Waals surface area contributed by atoms with Crippen LogP contribution in [0, 0.1) is 0 Å². The smallest absolute Gasteiger partial charge is 0.248 e. The first-order valence-corrected chi connectivity index (χ1v) is 10.7. The third-order valence-electron chi connectivity index (χ3n) is 3.20. The quantitative estimate of drug-likeness (QED) is 0.716. The summed E-state index contributed by atoms with van der Waals surface area (Å²) in [5, 5.41) is 6.34. The number of sulfone groups is 1. The van der Waals surface area contributed by atoms with Crippen molar-refractivity contribution in [1.82, 2.24) is 0 Å². The summed E-state index contributed by atoms with van der Waals surface area (Å²) in [5.41, 5.74) is 0.350. The minimum absolute atomic E-state index is 0.269. The van der Waals surface area contributed by atoms with Crippen LogP contribution in [0.25, 0.3) is 0 Å². The van der Waals surface area contributed by atoms with E-state index in [-0.39, 0.29) is 17.1 Å². The van der Waals surface area contributed by atoms with Crippen LogP contribution in [0.4, 0.5) is 0 Å². The molecule has 2 aromatic rings. The normalized spacial score (nSPS) is 12.1. The summed E-state index contributed by atoms with van der Waals surface area (Å²) < 4.78 is 52.0. The number of hydrogen-bond donors (Lipinski definition) is 1. The number of thiophene rings is 1. The van der Waals surface area contributed by atoms with Crippen molar-refractivity contribution in [2.45, 2.75) is 15.5 Å². The fraction of sp³-hybridized carbons (Fsp3) is 0.214. The zero-order valence-corrected chi connectivity index (χ0v) is 15.1. The van der Waals surface area contributed by atoms with Crippen molar-refractivity contribution in [3.8, 4) is 5.75 Å². The van der Waals surface area contributed by atoms with Crippen molar-refractivity contribution in [3.05, 3.63) is 41.3 Å². The van der Waals surface area contributed by atoms with Crippen molar-refractivity contribution in [1.29, 1.82) is 0 Å². The lowest BCUT2D eigenvalue weighted by atomic mass is 10.1. The molecule has 0 radical (unpaired) electrons. The lowest BCUT2D eigenvalue weighted by Gasteiger charge is -2.05. The summed E-state index contributed by atoms with van der Waals surface area (Å²) in [4.78, 5) is 11.7. The predicted molar refractivity (Wildman–Crippen MR) is 89.7 cm³/mol. The van der Waals surface area contributed by atoms with E-state index in [4.69, 9.17) is 9.88 Å². The van der Waals surface area contributed by atoms with Crippen LogP contribution < -0.4 is 9.88 Å². The number of primary sulfonamides is 1. The Morgan fingerprint density at radius 1 is 1.12 bits per heavy atom. The summed E-state index contributed by atoms with van der Waals surface area (Å²) in [7, 11) is -6.58. The van der Waals surface area contributed by atoms with E-state index in [0.29, 0.717) is 11.3 Å². The minimum Gasteiger partial charge on any atom is -0.497 e. The Morgan fingerprint density at radius 3 is 2.29 bits per heavy atom. The molecule has 0 bridgehead atoms. The van der Waals surface area contributed by atoms with E-state index < -0.39 is 29.8 Å². The largest absolute Gasteiger partial charge is 0.497 e. The third-order valence-corrected chi connectivity index (χ3v) is 7.64. The molecule has 0 amide bonds. The highest BCUT2D eigenvalue weighted by Gasteiger charge is 2.26. The number of nitrogens with two attached hydrogens (primary N) is 1. The Bertz CT molecular complexity index is 943. The maximum Gasteiger partial charge on any atom is 0.248 e. The Labute approximate surface area is 144 Å². The van der Waals surface area contributed by atoms with Crippen molar-refractivity contribution < 1.29 is 26.4 Å². The van der Waals surface area contributed by atoms with E-state index in [9.17, 15) is 21.6 Å². The van der Waals surface area contributed by atoms with Gasteiger partial charge in [-0.3, -0.25) is 4.79 Å². The lowest BCUT2D eigenvalue weighted by molar-refractivity contribution is 0.0988. The van der Waals surface area contributed by atoms with E-state index in [2.05, 4.69) is 0 Å². The number of carbonyl (C=O) groups is 1. The number of rotatable bonds is 7. The molecule has 7 nitrogen and oxygen atoms in total. The van der Waals surface area contributed by atoms with E-state index in [1.165, 1.54) is 30.7 Å². The molecule has 0 spiro atoms. The number of hydrogen-bond acceptors (Lipinski definition) is 7. The van der Waals surface area contributed by atoms with Crippen LogP contribution in [-0.4, -0.2) is 35.5 Å². The summed E-state index contributed by atoms with van der Waals surface area (Å²) >= 11 is 0.727. The van der Waals surface area contributed by atoms with Crippen LogP contribution in [0.3, 0.4) is 0 Å². The Balaban J connectivity index is 2.16. The second-order valence-electron chi connectivity index (χ2n) is 4.84. The van der Waals surface area contributed by atoms with E-state index >= 15 is 0 Å². The van der Waals surface area contributed by atoms with Gasteiger partial charge in [0.05, 0.1) is 17.8 Å². The first kappa shape index (κ1) is 18.6. The molecular weight excluding hydrogens is 374 g/mol. The fourth-order valence-corrected chi connectivity index (χ4v) is 6.09. The molecule has 1 aromatic carbocycles. The molecular formula is C14H15NO6S3. The van der Waals surface area contributed by atoms with Gasteiger partial charge in [0.15, 0.2) is 19.8 Å². The Hall–Kier alpha value is -1.75. The van der Waals surface area contributed by atoms with Crippen molar-refractivity contribution in [2.24, 2.45) is 5.14 Å². The maximum atomic E-state index is 12.3. The number of ether oxygens (including phenoxy) is 1. The average Bonchev–Trinajstić information content (AvgIpc) is 3.03. The average molecular weight is 389 g/mol. The fourth-order valence-electron chi connectivity index (χ4n) is 1.98. The first-order chi connectivity index (χ1) is 11.1. The molecule has 0 aliphatic rings. The second kappa shape index (κ2) is 7.01. The molecule has 2 rings (SSSR count). The molecule has 2 N–H and O–H groups in total. The molecule has 10 heteroatoms. The Morgan fingerprint density at radius 2 is 1.75 bits per heavy atom. The lowest BCUT2D eigenvalue weighted by Crippen LogP contribution is -2.17. The molecule has 1 aromatic heterocycles. The van der Waals surface area contributed by atoms with Crippen LogP contribution in [0.1, 0.15) is 16.8 Å². The van der Waals surface area contributed by atoms with Gasteiger partial charge in [0.1, 0.15) is 5.75 Å². The van der Waals surface area contributed by atoms with E-state index in [1.54, 1.807) is 12.1 Å². The molecule has 0 aliphatic heterocycles. The predicted octanol–water partition coefficient (Wildman–Crippen LogP) is 1.45. The van der Waals surface area contributed by atoms with Gasteiger partial charge in [0, 0.05) is 12.0 Å². The van der Waals surface area contributed by atoms with Gasteiger partial charge in [-0.15, -0.1) is 11.3 Å². The van der Waals surface area contributed by atoms with Crippen molar-refractivity contribution >= 4 is 37.0 Å². The van der Waals surface area contributed by atoms with Crippen LogP contribution in [0.5, 0.6) is 5.75 Å². The zero-order valence-electron chi connectivity index (χ0n) is 12.6. The van der Waals surface area contributed by atoms with Crippen molar-refractivity contribution in [2.75, 3.05) is 12.9 Å². The SMILES string of the molecule is COc1ccc(C(=O)CCS(=O)(=O)c2ccsc2S(N)(=O)=O)cc1. The summed E-state index contributed by atoms with van der Waals surface area (Å²) in [6.07, 6.45) is -0.269. The zero-order chi connectivity index (χ0) is 18.0. The van der Waals surface area contributed by atoms with E-state index in [1.807, 2.05) is 0 Å². The molecule has 0 fully saturated rings. The van der Waals surface area contributed by atoms with Gasteiger partial charge in [-0.1, -0.05) is 0 Å². The number of ketones is 1. The number of methoxy groups -OCH3 is 1. The topological polar surface area (TPSA) is 121 Å². The number of carbonyl (C=O) groups excluding carboxylic acids is 1. The maximum absolute atomic E-state index is 12.3. The summed E-state index contributed by atoms with van der Waals surface area (Å²) in [6, 6.07) is 7.44. The van der Waals surface area contributed by atoms with Gasteiger partial charge in [0.2, 0.25) is 10.0 Å². The number of sulfonamides is 1. The van der Waals surface area contributed by atoms with Crippen LogP contribution in [0.15, 0.2) is 44.8 Å². The summed E-state index contributed by atoms with van der Waals surface area (Å²) in [6.45, 7) is 0. The first-order valence-electron chi connectivity index (χ1n) is 6.65. The Kier molecular flexibility index (Phi) is 5.43. The van der Waals surface area contributed by atoms with Gasteiger partial charge in [-0.2, -0.15) is 0 Å². The monoisotopic (exact) mass is 389 g/mol. The number of benzene rings is 1. The molecule has 1 heterocycles. The highest BCUT2D eigenvalue weighted by molar-refractivity contribution is 7.94. The molecule has 0 aliphatic carbocycles. The summed E-state index contributed by atoms with van der Waals surface area (Å²) in [5.74, 6) is -0.291. The standard InChI is InChI=1S/C14H15NO6S3/c1-21-11-4-2-10(3-5-11)12(16)7-9-23(17,18)13-6-8-22-14(13)24(15,19)20/h2-6,8H,7,9H2,1H3,(H2,15,19,20). The second-order valence-corrected chi connectivity index (χ2v) is 9.59. The third kappa shape index (κ3) is 4.20. The molecule has 0 atom stereocenters. The van der Waals surface area contributed by atoms with Gasteiger partial charge in [-0.25, -0.2) is 22.0 Å². The van der Waals surface area contributed by atoms with Gasteiger partial charge >= 0.3 is 0 Å². The van der Waals surface area contributed by atoms with Gasteiger partial charge in [0.25, 0.3) is 0 Å².